The summed E-state index contributed by atoms with van der Waals surface area (Å²) in [6.45, 7) is 0.686. The second-order valence-electron chi connectivity index (χ2n) is 7.39. The van der Waals surface area contributed by atoms with Crippen LogP contribution in [0.1, 0.15) is 23.1 Å². The number of aryl methyl sites for hydroxylation is 1. The highest BCUT2D eigenvalue weighted by molar-refractivity contribution is 9.10. The summed E-state index contributed by atoms with van der Waals surface area (Å²) < 4.78 is 7.34. The molecule has 1 aliphatic rings. The zero-order valence-electron chi connectivity index (χ0n) is 15.1. The van der Waals surface area contributed by atoms with Gasteiger partial charge in [-0.25, -0.2) is 0 Å². The van der Waals surface area contributed by atoms with Crippen LogP contribution in [0.3, 0.4) is 0 Å². The van der Waals surface area contributed by atoms with Crippen LogP contribution >= 0.6 is 15.9 Å². The summed E-state index contributed by atoms with van der Waals surface area (Å²) in [5, 5.41) is 5.46. The highest BCUT2D eigenvalue weighted by Crippen LogP contribution is 2.34. The maximum Gasteiger partial charge on any atom is 0.0720 e. The van der Waals surface area contributed by atoms with Crippen LogP contribution < -0.4 is 0 Å². The van der Waals surface area contributed by atoms with E-state index in [1.807, 2.05) is 0 Å². The third-order valence-corrected chi connectivity index (χ3v) is 6.23. The third kappa shape index (κ3) is 3.28. The van der Waals surface area contributed by atoms with E-state index in [1.54, 1.807) is 0 Å². The van der Waals surface area contributed by atoms with Gasteiger partial charge >= 0.3 is 0 Å². The van der Waals surface area contributed by atoms with E-state index in [4.69, 9.17) is 4.74 Å². The molecule has 0 amide bonds. The summed E-state index contributed by atoms with van der Waals surface area (Å²) in [6.07, 6.45) is 3.50. The first-order chi connectivity index (χ1) is 13.3. The Balaban J connectivity index is 1.40. The van der Waals surface area contributed by atoms with Crippen molar-refractivity contribution >= 4 is 37.5 Å². The summed E-state index contributed by atoms with van der Waals surface area (Å²) in [5.74, 6) is 0. The molecule has 0 heterocycles. The molecule has 0 aromatic heterocycles. The smallest absolute Gasteiger partial charge is 0.0720 e. The molecule has 0 radical (unpaired) electrons. The molecule has 2 heteroatoms. The SMILES string of the molecule is Brc1ccc(COC2CCc3c(ccc4c3ccc3ccccc34)C2)cc1. The first kappa shape index (κ1) is 17.0. The molecule has 1 atom stereocenters. The number of hydrogen-bond acceptors (Lipinski definition) is 1. The number of halogens is 1. The van der Waals surface area contributed by atoms with Gasteiger partial charge in [0.05, 0.1) is 12.7 Å². The topological polar surface area (TPSA) is 9.23 Å². The largest absolute Gasteiger partial charge is 0.373 e. The van der Waals surface area contributed by atoms with Gasteiger partial charge in [-0.15, -0.1) is 0 Å². The molecule has 1 aliphatic carbocycles. The summed E-state index contributed by atoms with van der Waals surface area (Å²) >= 11 is 3.49. The highest BCUT2D eigenvalue weighted by Gasteiger charge is 2.21. The zero-order chi connectivity index (χ0) is 18.2. The van der Waals surface area contributed by atoms with Crippen LogP contribution in [0.2, 0.25) is 0 Å². The molecule has 0 fully saturated rings. The molecule has 0 spiro atoms. The first-order valence-corrected chi connectivity index (χ1v) is 10.4. The monoisotopic (exact) mass is 416 g/mol. The van der Waals surface area contributed by atoms with Crippen molar-refractivity contribution in [2.75, 3.05) is 0 Å². The van der Waals surface area contributed by atoms with Crippen molar-refractivity contribution in [3.05, 3.63) is 94.0 Å². The van der Waals surface area contributed by atoms with Gasteiger partial charge in [0.15, 0.2) is 0 Å². The van der Waals surface area contributed by atoms with Crippen LogP contribution in [0.15, 0.2) is 77.3 Å². The average molecular weight is 417 g/mol. The Morgan fingerprint density at radius 3 is 2.52 bits per heavy atom. The fraction of sp³-hybridized carbons (Fsp3) is 0.200. The predicted octanol–water partition coefficient (Wildman–Crippen LogP) is 6.83. The third-order valence-electron chi connectivity index (χ3n) is 5.70. The van der Waals surface area contributed by atoms with Gasteiger partial charge in [-0.1, -0.05) is 76.6 Å². The van der Waals surface area contributed by atoms with Crippen molar-refractivity contribution in [2.45, 2.75) is 32.0 Å². The van der Waals surface area contributed by atoms with Crippen LogP contribution in [0.25, 0.3) is 21.5 Å². The number of rotatable bonds is 3. The fourth-order valence-electron chi connectivity index (χ4n) is 4.27. The van der Waals surface area contributed by atoms with Crippen molar-refractivity contribution in [2.24, 2.45) is 0 Å². The van der Waals surface area contributed by atoms with E-state index in [2.05, 4.69) is 88.7 Å². The van der Waals surface area contributed by atoms with Crippen molar-refractivity contribution in [3.63, 3.8) is 0 Å². The van der Waals surface area contributed by atoms with Gasteiger partial charge in [0.2, 0.25) is 0 Å². The number of ether oxygens (including phenoxy) is 1. The number of hydrogen-bond donors (Lipinski definition) is 0. The molecular formula is C25H21BrO. The minimum Gasteiger partial charge on any atom is -0.373 e. The van der Waals surface area contributed by atoms with Gasteiger partial charge in [0, 0.05) is 4.47 Å². The Morgan fingerprint density at radius 2 is 1.63 bits per heavy atom. The van der Waals surface area contributed by atoms with E-state index in [1.165, 1.54) is 38.2 Å². The first-order valence-electron chi connectivity index (χ1n) is 9.56. The molecule has 0 bridgehead atoms. The maximum atomic E-state index is 6.23. The van der Waals surface area contributed by atoms with Gasteiger partial charge < -0.3 is 4.74 Å². The molecule has 0 saturated carbocycles. The lowest BCUT2D eigenvalue weighted by atomic mass is 9.85. The van der Waals surface area contributed by atoms with Crippen LogP contribution in [0, 0.1) is 0 Å². The fourth-order valence-corrected chi connectivity index (χ4v) is 4.54. The van der Waals surface area contributed by atoms with Crippen LogP contribution in [0.5, 0.6) is 0 Å². The Morgan fingerprint density at radius 1 is 0.815 bits per heavy atom. The standard InChI is InChI=1S/C25H21BrO/c26-20-9-5-17(6-10-20)16-27-21-11-14-23-19(15-21)8-13-24-22-4-2-1-3-18(22)7-12-25(23)24/h1-10,12-13,21H,11,14-16H2. The molecule has 0 aliphatic heterocycles. The second kappa shape index (κ2) is 7.10. The van der Waals surface area contributed by atoms with E-state index in [-0.39, 0.29) is 0 Å². The van der Waals surface area contributed by atoms with Crippen molar-refractivity contribution in [1.29, 1.82) is 0 Å². The molecule has 4 aromatic carbocycles. The summed E-state index contributed by atoms with van der Waals surface area (Å²) in [4.78, 5) is 0. The molecule has 1 nitrogen and oxygen atoms in total. The van der Waals surface area contributed by atoms with Crippen LogP contribution in [-0.4, -0.2) is 6.10 Å². The van der Waals surface area contributed by atoms with Crippen LogP contribution in [-0.2, 0) is 24.2 Å². The van der Waals surface area contributed by atoms with E-state index in [9.17, 15) is 0 Å². The molecule has 5 rings (SSSR count). The number of benzene rings is 4. The van der Waals surface area contributed by atoms with Gasteiger partial charge in [-0.2, -0.15) is 0 Å². The minimum atomic E-state index is 0.305. The van der Waals surface area contributed by atoms with Gasteiger partial charge in [0.25, 0.3) is 0 Å². The molecular weight excluding hydrogens is 396 g/mol. The van der Waals surface area contributed by atoms with Gasteiger partial charge in [0.1, 0.15) is 0 Å². The van der Waals surface area contributed by atoms with E-state index in [0.29, 0.717) is 12.7 Å². The van der Waals surface area contributed by atoms with Crippen molar-refractivity contribution in [3.8, 4) is 0 Å². The van der Waals surface area contributed by atoms with Crippen molar-refractivity contribution in [1.82, 2.24) is 0 Å². The quantitative estimate of drug-likeness (QED) is 0.332. The Hall–Kier alpha value is -2.16. The highest BCUT2D eigenvalue weighted by atomic mass is 79.9. The normalized spacial score (nSPS) is 16.6. The summed E-state index contributed by atoms with van der Waals surface area (Å²) in [7, 11) is 0. The molecule has 0 N–H and O–H groups in total. The lowest BCUT2D eigenvalue weighted by molar-refractivity contribution is 0.0321. The summed E-state index contributed by atoms with van der Waals surface area (Å²) in [5.41, 5.74) is 4.19. The number of fused-ring (bicyclic) bond motifs is 5. The second-order valence-corrected chi connectivity index (χ2v) is 8.30. The lowest BCUT2D eigenvalue weighted by Gasteiger charge is -2.26. The van der Waals surface area contributed by atoms with E-state index in [0.717, 1.165) is 23.7 Å². The minimum absolute atomic E-state index is 0.305. The molecule has 4 aromatic rings. The maximum absolute atomic E-state index is 6.23. The predicted molar refractivity (Wildman–Crippen MR) is 116 cm³/mol. The Bertz CT molecular complexity index is 1110. The van der Waals surface area contributed by atoms with E-state index >= 15 is 0 Å². The van der Waals surface area contributed by atoms with E-state index < -0.39 is 0 Å². The van der Waals surface area contributed by atoms with Gasteiger partial charge in [-0.05, 0) is 69.6 Å². The Kier molecular flexibility index (Phi) is 4.47. The molecule has 1 unspecified atom stereocenters. The molecule has 134 valence electrons. The average Bonchev–Trinajstić information content (AvgIpc) is 2.72. The van der Waals surface area contributed by atoms with Crippen molar-refractivity contribution < 1.29 is 4.74 Å². The van der Waals surface area contributed by atoms with Gasteiger partial charge in [-0.3, -0.25) is 0 Å². The zero-order valence-corrected chi connectivity index (χ0v) is 16.7. The van der Waals surface area contributed by atoms with Crippen LogP contribution in [0.4, 0.5) is 0 Å². The molecule has 0 saturated heterocycles. The Labute approximate surface area is 168 Å². The lowest BCUT2D eigenvalue weighted by Crippen LogP contribution is -2.22. The molecule has 27 heavy (non-hydrogen) atoms. The summed E-state index contributed by atoms with van der Waals surface area (Å²) in [6, 6.07) is 26.3.